The minimum Gasteiger partial charge on any atom is -0.497 e. The van der Waals surface area contributed by atoms with Gasteiger partial charge in [-0.05, 0) is 44.0 Å². The molecule has 2 rings (SSSR count). The molecule has 0 aliphatic carbocycles. The number of nitrogens with one attached hydrogen (secondary N) is 2. The van der Waals surface area contributed by atoms with Crippen molar-refractivity contribution >= 4 is 5.91 Å². The van der Waals surface area contributed by atoms with Crippen molar-refractivity contribution in [2.45, 2.75) is 31.8 Å². The summed E-state index contributed by atoms with van der Waals surface area (Å²) in [7, 11) is 1.64. The molecule has 2 N–H and O–H groups in total. The maximum Gasteiger partial charge on any atom is 0.237 e. The Hall–Kier alpha value is -1.55. The second-order valence-corrected chi connectivity index (χ2v) is 4.65. The van der Waals surface area contributed by atoms with Crippen LogP contribution in [0.15, 0.2) is 24.3 Å². The molecule has 1 aliphatic heterocycles. The lowest BCUT2D eigenvalue weighted by molar-refractivity contribution is -0.123. The molecule has 1 amide bonds. The number of hydrogen-bond donors (Lipinski definition) is 2. The molecular formula is C14H20N2O2. The van der Waals surface area contributed by atoms with Gasteiger partial charge >= 0.3 is 0 Å². The van der Waals surface area contributed by atoms with Crippen LogP contribution in [-0.2, 0) is 4.79 Å². The average molecular weight is 248 g/mol. The van der Waals surface area contributed by atoms with Crippen LogP contribution in [0.1, 0.15) is 31.4 Å². The highest BCUT2D eigenvalue weighted by molar-refractivity contribution is 5.82. The van der Waals surface area contributed by atoms with Crippen LogP contribution < -0.4 is 15.4 Å². The van der Waals surface area contributed by atoms with Crippen LogP contribution >= 0.6 is 0 Å². The number of methoxy groups -OCH3 is 1. The standard InChI is InChI=1S/C14H20N2O2/c1-10(11-5-7-12(18-2)8-6-11)16-14(17)13-4-3-9-15-13/h5-8,10,13,15H,3-4,9H2,1-2H3,(H,16,17). The second kappa shape index (κ2) is 5.87. The first kappa shape index (κ1) is 12.9. The van der Waals surface area contributed by atoms with E-state index >= 15 is 0 Å². The van der Waals surface area contributed by atoms with Crippen LogP contribution in [0.5, 0.6) is 5.75 Å². The number of carbonyl (C=O) groups is 1. The predicted molar refractivity (Wildman–Crippen MR) is 70.6 cm³/mol. The molecule has 1 fully saturated rings. The van der Waals surface area contributed by atoms with Gasteiger partial charge in [0, 0.05) is 0 Å². The predicted octanol–water partition coefficient (Wildman–Crippen LogP) is 1.62. The van der Waals surface area contributed by atoms with E-state index in [0.29, 0.717) is 0 Å². The highest BCUT2D eigenvalue weighted by Crippen LogP contribution is 2.17. The minimum atomic E-state index is -0.0225. The van der Waals surface area contributed by atoms with Gasteiger partial charge in [0.05, 0.1) is 19.2 Å². The van der Waals surface area contributed by atoms with Gasteiger partial charge in [0.2, 0.25) is 5.91 Å². The van der Waals surface area contributed by atoms with Gasteiger partial charge in [-0.3, -0.25) is 4.79 Å². The van der Waals surface area contributed by atoms with E-state index < -0.39 is 0 Å². The number of carbonyl (C=O) groups excluding carboxylic acids is 1. The molecule has 2 atom stereocenters. The SMILES string of the molecule is COc1ccc(C(C)NC(=O)C2CCCN2)cc1. The molecule has 1 aliphatic rings. The Morgan fingerprint density at radius 3 is 2.72 bits per heavy atom. The molecule has 18 heavy (non-hydrogen) atoms. The smallest absolute Gasteiger partial charge is 0.237 e. The maximum atomic E-state index is 12.0. The summed E-state index contributed by atoms with van der Waals surface area (Å²) in [6.45, 7) is 2.93. The topological polar surface area (TPSA) is 50.4 Å². The van der Waals surface area contributed by atoms with Gasteiger partial charge in [0.15, 0.2) is 0 Å². The fraction of sp³-hybridized carbons (Fsp3) is 0.500. The number of amides is 1. The highest BCUT2D eigenvalue weighted by atomic mass is 16.5. The van der Waals surface area contributed by atoms with Crippen molar-refractivity contribution in [3.63, 3.8) is 0 Å². The summed E-state index contributed by atoms with van der Waals surface area (Å²) < 4.78 is 5.11. The molecule has 2 unspecified atom stereocenters. The Labute approximate surface area is 108 Å². The normalized spacial score (nSPS) is 20.4. The van der Waals surface area contributed by atoms with Gasteiger partial charge < -0.3 is 15.4 Å². The first-order valence-electron chi connectivity index (χ1n) is 6.38. The van der Waals surface area contributed by atoms with E-state index in [1.807, 2.05) is 31.2 Å². The lowest BCUT2D eigenvalue weighted by Crippen LogP contribution is -2.41. The maximum absolute atomic E-state index is 12.0. The molecule has 1 aromatic rings. The fourth-order valence-electron chi connectivity index (χ4n) is 2.20. The van der Waals surface area contributed by atoms with Crippen LogP contribution in [0.2, 0.25) is 0 Å². The lowest BCUT2D eigenvalue weighted by Gasteiger charge is -2.17. The minimum absolute atomic E-state index is 0.0193. The summed E-state index contributed by atoms with van der Waals surface area (Å²) in [6, 6.07) is 7.77. The molecule has 0 spiro atoms. The van der Waals surface area contributed by atoms with Crippen LogP contribution in [-0.4, -0.2) is 25.6 Å². The molecular weight excluding hydrogens is 228 g/mol. The number of hydrogen-bond acceptors (Lipinski definition) is 3. The lowest BCUT2D eigenvalue weighted by atomic mass is 10.1. The zero-order valence-electron chi connectivity index (χ0n) is 10.9. The zero-order chi connectivity index (χ0) is 13.0. The summed E-state index contributed by atoms with van der Waals surface area (Å²) in [6.07, 6.45) is 2.01. The van der Waals surface area contributed by atoms with Crippen LogP contribution in [0.4, 0.5) is 0 Å². The van der Waals surface area contributed by atoms with Gasteiger partial charge in [-0.25, -0.2) is 0 Å². The van der Waals surface area contributed by atoms with Crippen molar-refractivity contribution < 1.29 is 9.53 Å². The van der Waals surface area contributed by atoms with Gasteiger partial charge in [0.1, 0.15) is 5.75 Å². The summed E-state index contributed by atoms with van der Waals surface area (Å²) >= 11 is 0. The molecule has 4 heteroatoms. The molecule has 0 radical (unpaired) electrons. The Morgan fingerprint density at radius 2 is 2.17 bits per heavy atom. The van der Waals surface area contributed by atoms with E-state index in [1.165, 1.54) is 0 Å². The van der Waals surface area contributed by atoms with Crippen molar-refractivity contribution in [2.24, 2.45) is 0 Å². The Balaban J connectivity index is 1.93. The molecule has 1 heterocycles. The van der Waals surface area contributed by atoms with Crippen molar-refractivity contribution in [1.29, 1.82) is 0 Å². The van der Waals surface area contributed by atoms with Gasteiger partial charge in [-0.2, -0.15) is 0 Å². The molecule has 1 aromatic carbocycles. The van der Waals surface area contributed by atoms with Crippen molar-refractivity contribution in [3.05, 3.63) is 29.8 Å². The highest BCUT2D eigenvalue weighted by Gasteiger charge is 2.23. The number of benzene rings is 1. The third-order valence-corrected chi connectivity index (χ3v) is 3.35. The van der Waals surface area contributed by atoms with Crippen LogP contribution in [0, 0.1) is 0 Å². The van der Waals surface area contributed by atoms with E-state index in [-0.39, 0.29) is 18.0 Å². The monoisotopic (exact) mass is 248 g/mol. The first-order chi connectivity index (χ1) is 8.70. The fourth-order valence-corrected chi connectivity index (χ4v) is 2.20. The summed E-state index contributed by atoms with van der Waals surface area (Å²) in [5.41, 5.74) is 1.09. The van der Waals surface area contributed by atoms with E-state index in [4.69, 9.17) is 4.74 Å². The Morgan fingerprint density at radius 1 is 1.44 bits per heavy atom. The van der Waals surface area contributed by atoms with Crippen LogP contribution in [0.3, 0.4) is 0 Å². The Bertz CT molecular complexity index is 397. The van der Waals surface area contributed by atoms with Gasteiger partial charge in [-0.1, -0.05) is 12.1 Å². The summed E-state index contributed by atoms with van der Waals surface area (Å²) in [4.78, 5) is 12.0. The van der Waals surface area contributed by atoms with E-state index in [9.17, 15) is 4.79 Å². The second-order valence-electron chi connectivity index (χ2n) is 4.65. The molecule has 1 saturated heterocycles. The van der Waals surface area contributed by atoms with Gasteiger partial charge in [0.25, 0.3) is 0 Å². The molecule has 0 saturated carbocycles. The molecule has 0 aromatic heterocycles. The summed E-state index contributed by atoms with van der Waals surface area (Å²) in [5, 5.41) is 6.23. The number of ether oxygens (including phenoxy) is 1. The third-order valence-electron chi connectivity index (χ3n) is 3.35. The average Bonchev–Trinajstić information content (AvgIpc) is 2.92. The molecule has 4 nitrogen and oxygen atoms in total. The largest absolute Gasteiger partial charge is 0.497 e. The third kappa shape index (κ3) is 3.01. The van der Waals surface area contributed by atoms with Crippen molar-refractivity contribution in [2.75, 3.05) is 13.7 Å². The van der Waals surface area contributed by atoms with E-state index in [2.05, 4.69) is 10.6 Å². The first-order valence-corrected chi connectivity index (χ1v) is 6.38. The van der Waals surface area contributed by atoms with E-state index in [0.717, 1.165) is 30.7 Å². The quantitative estimate of drug-likeness (QED) is 0.851. The van der Waals surface area contributed by atoms with E-state index in [1.54, 1.807) is 7.11 Å². The number of rotatable bonds is 4. The molecule has 0 bridgehead atoms. The summed E-state index contributed by atoms with van der Waals surface area (Å²) in [5.74, 6) is 0.922. The zero-order valence-corrected chi connectivity index (χ0v) is 10.9. The van der Waals surface area contributed by atoms with Crippen molar-refractivity contribution in [1.82, 2.24) is 10.6 Å². The van der Waals surface area contributed by atoms with Crippen LogP contribution in [0.25, 0.3) is 0 Å². The van der Waals surface area contributed by atoms with Gasteiger partial charge in [-0.15, -0.1) is 0 Å². The molecule has 98 valence electrons. The van der Waals surface area contributed by atoms with Crippen molar-refractivity contribution in [3.8, 4) is 5.75 Å². The Kier molecular flexibility index (Phi) is 4.20.